The minimum Gasteiger partial charge on any atom is -0.354 e. The number of amides is 2. The molecule has 0 aliphatic rings. The number of likely N-dealkylation sites (N-methyl/N-ethyl adjacent to an activating group) is 1. The summed E-state index contributed by atoms with van der Waals surface area (Å²) in [5.41, 5.74) is 3.78. The van der Waals surface area contributed by atoms with Gasteiger partial charge in [0.2, 0.25) is 21.8 Å². The Morgan fingerprint density at radius 1 is 0.821 bits per heavy atom. The Balaban J connectivity index is 1.96. The number of rotatable bonds is 12. The van der Waals surface area contributed by atoms with Crippen LogP contribution in [-0.2, 0) is 32.6 Å². The van der Waals surface area contributed by atoms with Crippen molar-refractivity contribution in [1.82, 2.24) is 14.5 Å². The third-order valence-electron chi connectivity index (χ3n) is 6.52. The molecule has 0 saturated heterocycles. The third-order valence-corrected chi connectivity index (χ3v) is 8.33. The average Bonchev–Trinajstić information content (AvgIpc) is 2.91. The van der Waals surface area contributed by atoms with Gasteiger partial charge in [-0.2, -0.15) is 4.31 Å². The van der Waals surface area contributed by atoms with E-state index in [1.807, 2.05) is 82.3 Å². The number of hydrogen-bond donors (Lipinski definition) is 1. The van der Waals surface area contributed by atoms with Crippen molar-refractivity contribution in [3.8, 4) is 0 Å². The molecule has 8 heteroatoms. The molecule has 0 fully saturated rings. The van der Waals surface area contributed by atoms with Gasteiger partial charge in [-0.05, 0) is 43.0 Å². The number of aryl methyl sites for hydroxylation is 2. The maximum atomic E-state index is 13.9. The molecule has 39 heavy (non-hydrogen) atoms. The van der Waals surface area contributed by atoms with Crippen LogP contribution < -0.4 is 5.32 Å². The van der Waals surface area contributed by atoms with Gasteiger partial charge in [0, 0.05) is 26.6 Å². The van der Waals surface area contributed by atoms with Crippen LogP contribution in [0.25, 0.3) is 0 Å². The Labute approximate surface area is 232 Å². The van der Waals surface area contributed by atoms with Crippen LogP contribution in [-0.4, -0.2) is 55.6 Å². The fraction of sp³-hybridized carbons (Fsp3) is 0.355. The van der Waals surface area contributed by atoms with Gasteiger partial charge in [0.1, 0.15) is 6.04 Å². The van der Waals surface area contributed by atoms with Gasteiger partial charge in [0.05, 0.1) is 11.4 Å². The van der Waals surface area contributed by atoms with E-state index in [1.54, 1.807) is 12.1 Å². The quantitative estimate of drug-likeness (QED) is 0.364. The van der Waals surface area contributed by atoms with Gasteiger partial charge < -0.3 is 10.2 Å². The molecule has 3 aromatic carbocycles. The maximum absolute atomic E-state index is 13.9. The van der Waals surface area contributed by atoms with E-state index in [-0.39, 0.29) is 23.3 Å². The Morgan fingerprint density at radius 2 is 1.38 bits per heavy atom. The van der Waals surface area contributed by atoms with Crippen LogP contribution in [0.15, 0.2) is 83.8 Å². The highest BCUT2D eigenvalue weighted by molar-refractivity contribution is 7.89. The molecule has 3 rings (SSSR count). The van der Waals surface area contributed by atoms with Crippen molar-refractivity contribution >= 4 is 21.8 Å². The van der Waals surface area contributed by atoms with Gasteiger partial charge in [-0.25, -0.2) is 8.42 Å². The molecule has 0 aliphatic carbocycles. The smallest absolute Gasteiger partial charge is 0.243 e. The molecule has 1 N–H and O–H groups in total. The molecule has 208 valence electrons. The predicted octanol–water partition coefficient (Wildman–Crippen LogP) is 4.34. The Bertz CT molecular complexity index is 1340. The lowest BCUT2D eigenvalue weighted by Crippen LogP contribution is -2.53. The Morgan fingerprint density at radius 3 is 1.95 bits per heavy atom. The maximum Gasteiger partial charge on any atom is 0.243 e. The van der Waals surface area contributed by atoms with Crippen LogP contribution in [0.2, 0.25) is 0 Å². The highest BCUT2D eigenvalue weighted by Crippen LogP contribution is 2.19. The Kier molecular flexibility index (Phi) is 10.4. The molecule has 0 heterocycles. The average molecular weight is 550 g/mol. The summed E-state index contributed by atoms with van der Waals surface area (Å²) < 4.78 is 27.5. The van der Waals surface area contributed by atoms with E-state index < -0.39 is 28.5 Å². The summed E-state index contributed by atoms with van der Waals surface area (Å²) in [4.78, 5) is 29.0. The van der Waals surface area contributed by atoms with E-state index >= 15 is 0 Å². The lowest BCUT2D eigenvalue weighted by atomic mass is 10.0. The number of hydrogen-bond acceptors (Lipinski definition) is 4. The van der Waals surface area contributed by atoms with Crippen LogP contribution in [0, 0.1) is 19.8 Å². The summed E-state index contributed by atoms with van der Waals surface area (Å²) in [5, 5.41) is 2.98. The number of carbonyl (C=O) groups excluding carboxylic acids is 2. The zero-order valence-electron chi connectivity index (χ0n) is 23.4. The molecule has 0 bridgehead atoms. The van der Waals surface area contributed by atoms with Crippen molar-refractivity contribution in [2.24, 2.45) is 5.92 Å². The van der Waals surface area contributed by atoms with Gasteiger partial charge in [-0.1, -0.05) is 91.7 Å². The molecule has 0 spiro atoms. The number of carbonyl (C=O) groups is 2. The normalized spacial score (nSPS) is 12.4. The first-order chi connectivity index (χ1) is 18.5. The van der Waals surface area contributed by atoms with Crippen molar-refractivity contribution in [3.05, 3.63) is 101 Å². The number of nitrogens with zero attached hydrogens (tertiary/aromatic N) is 2. The van der Waals surface area contributed by atoms with Crippen molar-refractivity contribution in [2.45, 2.75) is 51.6 Å². The molecule has 0 saturated carbocycles. The van der Waals surface area contributed by atoms with Gasteiger partial charge in [-0.15, -0.1) is 0 Å². The molecule has 1 unspecified atom stereocenters. The molecule has 2 amide bonds. The van der Waals surface area contributed by atoms with Crippen molar-refractivity contribution in [3.63, 3.8) is 0 Å². The largest absolute Gasteiger partial charge is 0.354 e. The van der Waals surface area contributed by atoms with E-state index in [0.29, 0.717) is 13.0 Å². The Hall–Kier alpha value is -3.49. The first-order valence-corrected chi connectivity index (χ1v) is 14.6. The zero-order valence-corrected chi connectivity index (χ0v) is 24.2. The fourth-order valence-electron chi connectivity index (χ4n) is 4.12. The molecular formula is C31H39N3O4S. The van der Waals surface area contributed by atoms with Crippen LogP contribution in [0.3, 0.4) is 0 Å². The first-order valence-electron chi connectivity index (χ1n) is 13.2. The van der Waals surface area contributed by atoms with Crippen LogP contribution in [0.4, 0.5) is 0 Å². The number of sulfonamides is 1. The first kappa shape index (κ1) is 30.1. The van der Waals surface area contributed by atoms with Crippen molar-refractivity contribution in [1.29, 1.82) is 0 Å². The zero-order chi connectivity index (χ0) is 28.6. The van der Waals surface area contributed by atoms with Crippen LogP contribution in [0.1, 0.15) is 36.1 Å². The van der Waals surface area contributed by atoms with E-state index in [2.05, 4.69) is 5.32 Å². The van der Waals surface area contributed by atoms with E-state index in [0.717, 1.165) is 26.6 Å². The molecular weight excluding hydrogens is 510 g/mol. The molecule has 3 aromatic rings. The summed E-state index contributed by atoms with van der Waals surface area (Å²) in [6.45, 7) is 8.12. The van der Waals surface area contributed by atoms with Gasteiger partial charge in [0.15, 0.2) is 0 Å². The third kappa shape index (κ3) is 8.50. The summed E-state index contributed by atoms with van der Waals surface area (Å²) in [7, 11) is -2.51. The molecule has 0 aromatic heterocycles. The second-order valence-corrected chi connectivity index (χ2v) is 12.5. The van der Waals surface area contributed by atoms with Crippen molar-refractivity contribution in [2.75, 3.05) is 20.1 Å². The highest BCUT2D eigenvalue weighted by Gasteiger charge is 2.33. The fourth-order valence-corrected chi connectivity index (χ4v) is 5.24. The minimum absolute atomic E-state index is 0.115. The lowest BCUT2D eigenvalue weighted by molar-refractivity contribution is -0.141. The lowest BCUT2D eigenvalue weighted by Gasteiger charge is -2.33. The predicted molar refractivity (Wildman–Crippen MR) is 155 cm³/mol. The molecule has 0 radical (unpaired) electrons. The number of nitrogens with one attached hydrogen (secondary N) is 1. The van der Waals surface area contributed by atoms with E-state index in [1.165, 1.54) is 24.1 Å². The molecule has 0 aliphatic heterocycles. The van der Waals surface area contributed by atoms with Crippen LogP contribution in [0.5, 0.6) is 0 Å². The summed E-state index contributed by atoms with van der Waals surface area (Å²) in [6.07, 6.45) is 0.302. The standard InChI is InChI=1S/C31H39N3O4S/c1-23(2)20-32-31(36)29(19-26-9-7-6-8-10-26)34(21-27-15-11-24(3)12-16-27)30(35)22-33(5)39(37,38)28-17-13-25(4)14-18-28/h6-18,23,29H,19-22H2,1-5H3,(H,32,36). The monoisotopic (exact) mass is 549 g/mol. The van der Waals surface area contributed by atoms with Gasteiger partial charge in [-0.3, -0.25) is 9.59 Å². The highest BCUT2D eigenvalue weighted by atomic mass is 32.2. The van der Waals surface area contributed by atoms with Crippen molar-refractivity contribution < 1.29 is 18.0 Å². The summed E-state index contributed by atoms with van der Waals surface area (Å²) in [6, 6.07) is 23.0. The van der Waals surface area contributed by atoms with Crippen LogP contribution >= 0.6 is 0 Å². The second kappa shape index (κ2) is 13.5. The number of benzene rings is 3. The van der Waals surface area contributed by atoms with Gasteiger partial charge in [0.25, 0.3) is 0 Å². The minimum atomic E-state index is -3.90. The molecule has 1 atom stereocenters. The topological polar surface area (TPSA) is 86.8 Å². The second-order valence-electron chi connectivity index (χ2n) is 10.4. The van der Waals surface area contributed by atoms with E-state index in [4.69, 9.17) is 0 Å². The molecule has 7 nitrogen and oxygen atoms in total. The summed E-state index contributed by atoms with van der Waals surface area (Å²) >= 11 is 0. The van der Waals surface area contributed by atoms with E-state index in [9.17, 15) is 18.0 Å². The SMILES string of the molecule is Cc1ccc(CN(C(=O)CN(C)S(=O)(=O)c2ccc(C)cc2)C(Cc2ccccc2)C(=O)NCC(C)C)cc1. The summed E-state index contributed by atoms with van der Waals surface area (Å²) in [5.74, 6) is -0.482. The van der Waals surface area contributed by atoms with Gasteiger partial charge >= 0.3 is 0 Å².